The van der Waals surface area contributed by atoms with Gasteiger partial charge in [-0.2, -0.15) is 0 Å². The summed E-state index contributed by atoms with van der Waals surface area (Å²) in [6.45, 7) is 10.2. The molecule has 0 saturated carbocycles. The molecule has 168 valence electrons. The van der Waals surface area contributed by atoms with Crippen LogP contribution in [0, 0.1) is 27.7 Å². The first kappa shape index (κ1) is 22.5. The van der Waals surface area contributed by atoms with Gasteiger partial charge in [0.1, 0.15) is 0 Å². The van der Waals surface area contributed by atoms with Crippen LogP contribution >= 0.6 is 12.2 Å². The molecular weight excluding hydrogens is 416 g/mol. The van der Waals surface area contributed by atoms with Crippen molar-refractivity contribution in [2.45, 2.75) is 46.2 Å². The zero-order valence-electron chi connectivity index (χ0n) is 19.6. The standard InChI is InChI=1S/C26H32N4OS/c1-17-13-18(2)15-21(14-17)30-19(3)16-22(20(30)4)25-24(23-9-6-7-10-27-23)28-26(32)29(25)11-8-12-31-5/h6-7,9-10,13-16,24-25H,8,11-12H2,1-5H3,(H,28,32)/t24-,25+/m0/s1. The number of aromatic nitrogens is 2. The summed E-state index contributed by atoms with van der Waals surface area (Å²) in [5, 5.41) is 4.33. The van der Waals surface area contributed by atoms with Crippen molar-refractivity contribution in [3.05, 3.63) is 82.4 Å². The van der Waals surface area contributed by atoms with Crippen LogP contribution < -0.4 is 5.32 Å². The molecule has 1 aliphatic rings. The van der Waals surface area contributed by atoms with E-state index in [0.29, 0.717) is 6.61 Å². The summed E-state index contributed by atoms with van der Waals surface area (Å²) in [6, 6.07) is 15.2. The highest BCUT2D eigenvalue weighted by molar-refractivity contribution is 7.80. The van der Waals surface area contributed by atoms with E-state index < -0.39 is 0 Å². The van der Waals surface area contributed by atoms with Crippen LogP contribution in [0.2, 0.25) is 0 Å². The molecule has 4 rings (SSSR count). The number of nitrogens with zero attached hydrogens (tertiary/aromatic N) is 3. The van der Waals surface area contributed by atoms with Crippen molar-refractivity contribution in [2.24, 2.45) is 0 Å². The highest BCUT2D eigenvalue weighted by Gasteiger charge is 2.41. The van der Waals surface area contributed by atoms with Gasteiger partial charge in [0, 0.05) is 43.5 Å². The highest BCUT2D eigenvalue weighted by atomic mass is 32.1. The molecule has 1 fully saturated rings. The van der Waals surface area contributed by atoms with Crippen LogP contribution in [0.5, 0.6) is 0 Å². The van der Waals surface area contributed by atoms with Crippen LogP contribution in [-0.2, 0) is 4.74 Å². The molecule has 2 atom stereocenters. The van der Waals surface area contributed by atoms with E-state index in [0.717, 1.165) is 23.8 Å². The molecule has 5 nitrogen and oxygen atoms in total. The summed E-state index contributed by atoms with van der Waals surface area (Å²) in [6.07, 6.45) is 2.77. The maximum Gasteiger partial charge on any atom is 0.170 e. The van der Waals surface area contributed by atoms with Crippen molar-refractivity contribution in [2.75, 3.05) is 20.3 Å². The topological polar surface area (TPSA) is 42.3 Å². The Labute approximate surface area is 196 Å². The molecular formula is C26H32N4OS. The number of nitrogens with one attached hydrogen (secondary N) is 1. The van der Waals surface area contributed by atoms with Crippen molar-refractivity contribution in [3.8, 4) is 5.69 Å². The fourth-order valence-electron chi connectivity index (χ4n) is 4.93. The summed E-state index contributed by atoms with van der Waals surface area (Å²) in [5.41, 5.74) is 8.49. The van der Waals surface area contributed by atoms with Crippen LogP contribution in [0.1, 0.15) is 52.3 Å². The van der Waals surface area contributed by atoms with E-state index in [1.54, 1.807) is 7.11 Å². The molecule has 1 N–H and O–H groups in total. The monoisotopic (exact) mass is 448 g/mol. The lowest BCUT2D eigenvalue weighted by molar-refractivity contribution is 0.180. The molecule has 0 radical (unpaired) electrons. The number of aryl methyl sites for hydroxylation is 3. The van der Waals surface area contributed by atoms with Crippen molar-refractivity contribution in [3.63, 3.8) is 0 Å². The number of benzene rings is 1. The summed E-state index contributed by atoms with van der Waals surface area (Å²) in [7, 11) is 1.74. The fraction of sp³-hybridized carbons (Fsp3) is 0.385. The summed E-state index contributed by atoms with van der Waals surface area (Å²) >= 11 is 5.79. The number of pyridine rings is 1. The number of rotatable bonds is 7. The van der Waals surface area contributed by atoms with Crippen molar-refractivity contribution < 1.29 is 4.74 Å². The van der Waals surface area contributed by atoms with E-state index >= 15 is 0 Å². The summed E-state index contributed by atoms with van der Waals surface area (Å²) in [5.74, 6) is 0. The molecule has 1 aliphatic heterocycles. The lowest BCUT2D eigenvalue weighted by Gasteiger charge is -2.28. The first-order chi connectivity index (χ1) is 15.4. The average molecular weight is 449 g/mol. The quantitative estimate of drug-likeness (QED) is 0.402. The van der Waals surface area contributed by atoms with Gasteiger partial charge >= 0.3 is 0 Å². The zero-order chi connectivity index (χ0) is 22.8. The zero-order valence-corrected chi connectivity index (χ0v) is 20.4. The second-order valence-electron chi connectivity index (χ2n) is 8.67. The Hall–Kier alpha value is -2.70. The van der Waals surface area contributed by atoms with Gasteiger partial charge < -0.3 is 19.5 Å². The Morgan fingerprint density at radius 1 is 1.06 bits per heavy atom. The number of methoxy groups -OCH3 is 1. The Morgan fingerprint density at radius 2 is 1.81 bits per heavy atom. The smallest absolute Gasteiger partial charge is 0.170 e. The van der Waals surface area contributed by atoms with E-state index in [2.05, 4.69) is 77.8 Å². The molecule has 3 aromatic rings. The van der Waals surface area contributed by atoms with Crippen LogP contribution in [-0.4, -0.2) is 39.8 Å². The minimum atomic E-state index is -0.000518. The predicted molar refractivity (Wildman–Crippen MR) is 133 cm³/mol. The third-order valence-corrected chi connectivity index (χ3v) is 6.55. The normalized spacial score (nSPS) is 18.3. The largest absolute Gasteiger partial charge is 0.385 e. The first-order valence-electron chi connectivity index (χ1n) is 11.1. The SMILES string of the molecule is COCCCN1C(=S)N[C@@H](c2ccccn2)[C@H]1c1cc(C)n(-c2cc(C)cc(C)c2)c1C. The van der Waals surface area contributed by atoms with Gasteiger partial charge in [0.25, 0.3) is 0 Å². The molecule has 3 heterocycles. The molecule has 0 spiro atoms. The van der Waals surface area contributed by atoms with Crippen LogP contribution in [0.3, 0.4) is 0 Å². The second-order valence-corrected chi connectivity index (χ2v) is 9.06. The number of ether oxygens (including phenoxy) is 1. The molecule has 1 saturated heterocycles. The molecule has 0 bridgehead atoms. The second kappa shape index (κ2) is 9.43. The van der Waals surface area contributed by atoms with Gasteiger partial charge in [0.05, 0.1) is 17.8 Å². The lowest BCUT2D eigenvalue weighted by atomic mass is 9.96. The van der Waals surface area contributed by atoms with Crippen molar-refractivity contribution >= 4 is 17.3 Å². The van der Waals surface area contributed by atoms with E-state index in [4.69, 9.17) is 17.0 Å². The Balaban J connectivity index is 1.80. The third-order valence-electron chi connectivity index (χ3n) is 6.20. The van der Waals surface area contributed by atoms with Crippen molar-refractivity contribution in [1.82, 2.24) is 19.8 Å². The van der Waals surface area contributed by atoms with E-state index in [9.17, 15) is 0 Å². The van der Waals surface area contributed by atoms with Gasteiger partial charge in [-0.05, 0) is 93.4 Å². The predicted octanol–water partition coefficient (Wildman–Crippen LogP) is 5.11. The van der Waals surface area contributed by atoms with Gasteiger partial charge in [-0.1, -0.05) is 12.1 Å². The molecule has 0 amide bonds. The maximum absolute atomic E-state index is 5.79. The fourth-order valence-corrected chi connectivity index (χ4v) is 5.26. The van der Waals surface area contributed by atoms with Gasteiger partial charge in [-0.15, -0.1) is 0 Å². The molecule has 0 aliphatic carbocycles. The molecule has 2 aromatic heterocycles. The van der Waals surface area contributed by atoms with E-state index in [-0.39, 0.29) is 12.1 Å². The maximum atomic E-state index is 5.79. The Morgan fingerprint density at radius 3 is 2.47 bits per heavy atom. The van der Waals surface area contributed by atoms with Gasteiger partial charge in [-0.3, -0.25) is 4.98 Å². The highest BCUT2D eigenvalue weighted by Crippen LogP contribution is 2.41. The first-order valence-corrected chi connectivity index (χ1v) is 11.6. The summed E-state index contributed by atoms with van der Waals surface area (Å²) in [4.78, 5) is 6.97. The molecule has 6 heteroatoms. The summed E-state index contributed by atoms with van der Waals surface area (Å²) < 4.78 is 7.67. The third kappa shape index (κ3) is 4.30. The van der Waals surface area contributed by atoms with Gasteiger partial charge in [0.2, 0.25) is 0 Å². The van der Waals surface area contributed by atoms with Crippen LogP contribution in [0.15, 0.2) is 48.7 Å². The van der Waals surface area contributed by atoms with Gasteiger partial charge in [-0.25, -0.2) is 0 Å². The Kier molecular flexibility index (Phi) is 6.63. The minimum Gasteiger partial charge on any atom is -0.385 e. The number of thiocarbonyl (C=S) groups is 1. The number of hydrogen-bond donors (Lipinski definition) is 1. The van der Waals surface area contributed by atoms with Crippen LogP contribution in [0.4, 0.5) is 0 Å². The lowest BCUT2D eigenvalue weighted by Crippen LogP contribution is -2.31. The number of hydrogen-bond acceptors (Lipinski definition) is 3. The van der Waals surface area contributed by atoms with E-state index in [1.807, 2.05) is 18.3 Å². The average Bonchev–Trinajstić information content (AvgIpc) is 3.23. The minimum absolute atomic E-state index is 0.000518. The van der Waals surface area contributed by atoms with Crippen molar-refractivity contribution in [1.29, 1.82) is 0 Å². The molecule has 32 heavy (non-hydrogen) atoms. The van der Waals surface area contributed by atoms with Crippen LogP contribution in [0.25, 0.3) is 5.69 Å². The molecule has 0 unspecified atom stereocenters. The Bertz CT molecular complexity index is 1090. The van der Waals surface area contributed by atoms with E-state index in [1.165, 1.54) is 33.8 Å². The van der Waals surface area contributed by atoms with Gasteiger partial charge in [0.15, 0.2) is 5.11 Å². The molecule has 1 aromatic carbocycles.